The molecule has 104 valence electrons. The van der Waals surface area contributed by atoms with Gasteiger partial charge < -0.3 is 10.2 Å². The summed E-state index contributed by atoms with van der Waals surface area (Å²) >= 11 is 0. The smallest absolute Gasteiger partial charge is 0.153 e. The van der Waals surface area contributed by atoms with Gasteiger partial charge in [0.25, 0.3) is 0 Å². The predicted octanol–water partition coefficient (Wildman–Crippen LogP) is 2.61. The third kappa shape index (κ3) is 2.57. The van der Waals surface area contributed by atoms with Gasteiger partial charge in [0.15, 0.2) is 5.82 Å². The van der Waals surface area contributed by atoms with Gasteiger partial charge in [0, 0.05) is 20.1 Å². The van der Waals surface area contributed by atoms with Crippen molar-refractivity contribution < 1.29 is 4.39 Å². The Balaban J connectivity index is 1.81. The van der Waals surface area contributed by atoms with E-state index in [1.165, 1.54) is 12.1 Å². The topological polar surface area (TPSA) is 41.1 Å². The van der Waals surface area contributed by atoms with E-state index in [-0.39, 0.29) is 5.82 Å². The molecule has 0 radical (unpaired) electrons. The van der Waals surface area contributed by atoms with E-state index in [4.69, 9.17) is 0 Å². The van der Waals surface area contributed by atoms with Crippen LogP contribution in [0.3, 0.4) is 0 Å². The molecule has 0 saturated carbocycles. The molecule has 0 unspecified atom stereocenters. The van der Waals surface area contributed by atoms with Gasteiger partial charge >= 0.3 is 0 Å². The molecule has 2 aromatic rings. The Labute approximate surface area is 117 Å². The highest BCUT2D eigenvalue weighted by Crippen LogP contribution is 2.30. The lowest BCUT2D eigenvalue weighted by atomic mass is 10.1. The molecule has 0 atom stereocenters. The van der Waals surface area contributed by atoms with Crippen molar-refractivity contribution in [2.75, 3.05) is 23.8 Å². The van der Waals surface area contributed by atoms with Crippen LogP contribution in [0.4, 0.5) is 15.9 Å². The van der Waals surface area contributed by atoms with Crippen LogP contribution in [-0.2, 0) is 13.0 Å². The molecule has 0 aliphatic carbocycles. The van der Waals surface area contributed by atoms with Crippen molar-refractivity contribution in [1.29, 1.82) is 0 Å². The van der Waals surface area contributed by atoms with Crippen molar-refractivity contribution >= 4 is 11.5 Å². The van der Waals surface area contributed by atoms with Crippen LogP contribution >= 0.6 is 0 Å². The van der Waals surface area contributed by atoms with E-state index < -0.39 is 0 Å². The molecule has 1 aromatic heterocycles. The molecule has 2 heterocycles. The lowest BCUT2D eigenvalue weighted by Crippen LogP contribution is -2.27. The second kappa shape index (κ2) is 5.45. The van der Waals surface area contributed by atoms with Gasteiger partial charge in [-0.05, 0) is 30.5 Å². The van der Waals surface area contributed by atoms with Gasteiger partial charge in [-0.1, -0.05) is 12.1 Å². The van der Waals surface area contributed by atoms with E-state index in [0.717, 1.165) is 42.1 Å². The largest absolute Gasteiger partial charge is 0.370 e. The second-order valence-corrected chi connectivity index (χ2v) is 5.03. The fourth-order valence-electron chi connectivity index (χ4n) is 2.56. The molecule has 0 amide bonds. The highest BCUT2D eigenvalue weighted by molar-refractivity contribution is 5.69. The maximum Gasteiger partial charge on any atom is 0.153 e. The number of rotatable bonds is 3. The Morgan fingerprint density at radius 3 is 3.10 bits per heavy atom. The SMILES string of the molecule is CN1CCCc2ncnc(NCc3cccc(F)c3)c21. The van der Waals surface area contributed by atoms with Crippen LogP contribution in [0, 0.1) is 5.82 Å². The minimum atomic E-state index is -0.217. The molecule has 1 aliphatic heterocycles. The van der Waals surface area contributed by atoms with E-state index in [9.17, 15) is 4.39 Å². The monoisotopic (exact) mass is 272 g/mol. The number of halogens is 1. The molecule has 1 aromatic carbocycles. The van der Waals surface area contributed by atoms with E-state index in [2.05, 4.69) is 27.2 Å². The summed E-state index contributed by atoms with van der Waals surface area (Å²) in [4.78, 5) is 10.8. The molecule has 0 saturated heterocycles. The predicted molar refractivity (Wildman–Crippen MR) is 77.3 cm³/mol. The maximum atomic E-state index is 13.2. The van der Waals surface area contributed by atoms with E-state index >= 15 is 0 Å². The minimum absolute atomic E-state index is 0.217. The number of nitrogens with zero attached hydrogens (tertiary/aromatic N) is 3. The third-order valence-corrected chi connectivity index (χ3v) is 3.54. The number of benzene rings is 1. The van der Waals surface area contributed by atoms with Gasteiger partial charge in [-0.15, -0.1) is 0 Å². The van der Waals surface area contributed by atoms with E-state index in [1.807, 2.05) is 6.07 Å². The van der Waals surface area contributed by atoms with Gasteiger partial charge in [0.2, 0.25) is 0 Å². The number of aryl methyl sites for hydroxylation is 1. The molecule has 1 N–H and O–H groups in total. The molecule has 5 heteroatoms. The molecule has 0 fully saturated rings. The highest BCUT2D eigenvalue weighted by Gasteiger charge is 2.19. The molecule has 1 aliphatic rings. The zero-order chi connectivity index (χ0) is 13.9. The quantitative estimate of drug-likeness (QED) is 0.932. The molecule has 4 nitrogen and oxygen atoms in total. The first-order valence-corrected chi connectivity index (χ1v) is 6.77. The van der Waals surface area contributed by atoms with Crippen molar-refractivity contribution in [2.24, 2.45) is 0 Å². The summed E-state index contributed by atoms with van der Waals surface area (Å²) in [6.07, 6.45) is 3.69. The van der Waals surface area contributed by atoms with Crippen molar-refractivity contribution in [3.63, 3.8) is 0 Å². The van der Waals surface area contributed by atoms with Gasteiger partial charge in [0.1, 0.15) is 17.8 Å². The Bertz CT molecular complexity index is 615. The Hall–Kier alpha value is -2.17. The number of hydrogen-bond acceptors (Lipinski definition) is 4. The van der Waals surface area contributed by atoms with Gasteiger partial charge in [-0.2, -0.15) is 0 Å². The molecule has 20 heavy (non-hydrogen) atoms. The van der Waals surface area contributed by atoms with Crippen LogP contribution in [0.15, 0.2) is 30.6 Å². The van der Waals surface area contributed by atoms with E-state index in [1.54, 1.807) is 12.4 Å². The summed E-state index contributed by atoms with van der Waals surface area (Å²) in [5, 5.41) is 3.29. The maximum absolute atomic E-state index is 13.2. The number of hydrogen-bond donors (Lipinski definition) is 1. The van der Waals surface area contributed by atoms with Crippen LogP contribution in [0.5, 0.6) is 0 Å². The van der Waals surface area contributed by atoms with Crippen LogP contribution in [0.2, 0.25) is 0 Å². The van der Waals surface area contributed by atoms with Gasteiger partial charge in [-0.25, -0.2) is 14.4 Å². The highest BCUT2D eigenvalue weighted by atomic mass is 19.1. The number of anilines is 2. The van der Waals surface area contributed by atoms with Crippen molar-refractivity contribution in [1.82, 2.24) is 9.97 Å². The average Bonchev–Trinajstić information content (AvgIpc) is 2.45. The number of fused-ring (bicyclic) bond motifs is 1. The Morgan fingerprint density at radius 1 is 1.35 bits per heavy atom. The first kappa shape index (κ1) is 12.8. The van der Waals surface area contributed by atoms with Crippen molar-refractivity contribution in [3.8, 4) is 0 Å². The second-order valence-electron chi connectivity index (χ2n) is 5.03. The number of aromatic nitrogens is 2. The zero-order valence-electron chi connectivity index (χ0n) is 11.4. The number of nitrogens with one attached hydrogen (secondary N) is 1. The summed E-state index contributed by atoms with van der Waals surface area (Å²) in [6, 6.07) is 6.59. The standard InChI is InChI=1S/C15H17FN4/c1-20-7-3-6-13-14(20)15(19-10-18-13)17-9-11-4-2-5-12(16)8-11/h2,4-5,8,10H,3,6-7,9H2,1H3,(H,17,18,19). The van der Waals surface area contributed by atoms with Gasteiger partial charge in [0.05, 0.1) is 5.69 Å². The normalized spacial score (nSPS) is 14.0. The van der Waals surface area contributed by atoms with Crippen molar-refractivity contribution in [2.45, 2.75) is 19.4 Å². The lowest BCUT2D eigenvalue weighted by molar-refractivity contribution is 0.626. The summed E-state index contributed by atoms with van der Waals surface area (Å²) in [7, 11) is 2.05. The first-order chi connectivity index (χ1) is 9.74. The minimum Gasteiger partial charge on any atom is -0.370 e. The Kier molecular flexibility index (Phi) is 3.50. The fourth-order valence-corrected chi connectivity index (χ4v) is 2.56. The van der Waals surface area contributed by atoms with Crippen LogP contribution in [0.25, 0.3) is 0 Å². The third-order valence-electron chi connectivity index (χ3n) is 3.54. The van der Waals surface area contributed by atoms with E-state index in [0.29, 0.717) is 6.54 Å². The summed E-state index contributed by atoms with van der Waals surface area (Å²) in [6.45, 7) is 1.56. The lowest BCUT2D eigenvalue weighted by Gasteiger charge is -2.28. The summed E-state index contributed by atoms with van der Waals surface area (Å²) in [5.41, 5.74) is 3.04. The van der Waals surface area contributed by atoms with Crippen LogP contribution < -0.4 is 10.2 Å². The van der Waals surface area contributed by atoms with Crippen LogP contribution in [-0.4, -0.2) is 23.6 Å². The average molecular weight is 272 g/mol. The summed E-state index contributed by atoms with van der Waals surface area (Å²) in [5.74, 6) is 0.604. The fraction of sp³-hybridized carbons (Fsp3) is 0.333. The first-order valence-electron chi connectivity index (χ1n) is 6.77. The zero-order valence-corrected chi connectivity index (χ0v) is 11.4. The van der Waals surface area contributed by atoms with Crippen molar-refractivity contribution in [3.05, 3.63) is 47.7 Å². The molecule has 0 bridgehead atoms. The molecular formula is C15H17FN4. The molecular weight excluding hydrogens is 255 g/mol. The summed E-state index contributed by atoms with van der Waals surface area (Å²) < 4.78 is 13.2. The Morgan fingerprint density at radius 2 is 2.25 bits per heavy atom. The van der Waals surface area contributed by atoms with Gasteiger partial charge in [-0.3, -0.25) is 0 Å². The molecule has 3 rings (SSSR count). The van der Waals surface area contributed by atoms with Crippen LogP contribution in [0.1, 0.15) is 17.7 Å². The molecule has 0 spiro atoms.